The molecule has 1 rings (SSSR count). The monoisotopic (exact) mass is 249 g/mol. The lowest BCUT2D eigenvalue weighted by Crippen LogP contribution is -2.23. The molecule has 5 nitrogen and oxygen atoms in total. The van der Waals surface area contributed by atoms with Gasteiger partial charge in [0, 0.05) is 11.5 Å². The van der Waals surface area contributed by atoms with Gasteiger partial charge >= 0.3 is 0 Å². The maximum atomic E-state index is 11.9. The summed E-state index contributed by atoms with van der Waals surface area (Å²) >= 11 is 0. The van der Waals surface area contributed by atoms with Gasteiger partial charge in [0.2, 0.25) is 5.91 Å². The van der Waals surface area contributed by atoms with Crippen molar-refractivity contribution < 1.29 is 10.0 Å². The van der Waals surface area contributed by atoms with E-state index < -0.39 is 0 Å². The topological polar surface area (TPSA) is 87.7 Å². The van der Waals surface area contributed by atoms with Gasteiger partial charge in [-0.25, -0.2) is 0 Å². The van der Waals surface area contributed by atoms with Crippen LogP contribution in [-0.2, 0) is 4.79 Å². The van der Waals surface area contributed by atoms with Gasteiger partial charge in [0.1, 0.15) is 0 Å². The van der Waals surface area contributed by atoms with Gasteiger partial charge in [0.25, 0.3) is 0 Å². The first kappa shape index (κ1) is 14.0. The number of oxime groups is 1. The van der Waals surface area contributed by atoms with Gasteiger partial charge in [-0.05, 0) is 18.6 Å². The minimum Gasteiger partial charge on any atom is -0.409 e. The smallest absolute Gasteiger partial charge is 0.227 e. The second-order valence-corrected chi connectivity index (χ2v) is 4.21. The van der Waals surface area contributed by atoms with E-state index in [0.29, 0.717) is 11.3 Å². The Hall–Kier alpha value is -2.04. The van der Waals surface area contributed by atoms with Crippen molar-refractivity contribution >= 4 is 17.4 Å². The summed E-state index contributed by atoms with van der Waals surface area (Å²) in [4.78, 5) is 11.9. The molecule has 0 bridgehead atoms. The molecule has 1 aromatic carbocycles. The van der Waals surface area contributed by atoms with E-state index in [2.05, 4.69) is 10.5 Å². The molecule has 0 aromatic heterocycles. The van der Waals surface area contributed by atoms with Crippen LogP contribution in [0.25, 0.3) is 0 Å². The lowest BCUT2D eigenvalue weighted by molar-refractivity contribution is -0.119. The van der Waals surface area contributed by atoms with Gasteiger partial charge in [-0.2, -0.15) is 0 Å². The van der Waals surface area contributed by atoms with Crippen molar-refractivity contribution in [2.45, 2.75) is 26.7 Å². The molecule has 0 heterocycles. The predicted molar refractivity (Wildman–Crippen MR) is 71.7 cm³/mol. The molecule has 18 heavy (non-hydrogen) atoms. The van der Waals surface area contributed by atoms with Crippen molar-refractivity contribution in [3.63, 3.8) is 0 Å². The number of hydrogen-bond donors (Lipinski definition) is 3. The maximum Gasteiger partial charge on any atom is 0.227 e. The molecule has 4 N–H and O–H groups in total. The van der Waals surface area contributed by atoms with Crippen LogP contribution in [0.2, 0.25) is 0 Å². The zero-order valence-electron chi connectivity index (χ0n) is 10.7. The van der Waals surface area contributed by atoms with Gasteiger partial charge in [0.05, 0.1) is 5.69 Å². The molecule has 1 aromatic rings. The highest BCUT2D eigenvalue weighted by molar-refractivity contribution is 6.05. The minimum atomic E-state index is -0.0601. The summed E-state index contributed by atoms with van der Waals surface area (Å²) in [5.74, 6) is -0.139. The number of carbonyl (C=O) groups is 1. The minimum absolute atomic E-state index is 0.0194. The molecule has 5 heteroatoms. The van der Waals surface area contributed by atoms with E-state index in [1.54, 1.807) is 24.3 Å². The van der Waals surface area contributed by atoms with Gasteiger partial charge in [-0.3, -0.25) is 4.79 Å². The van der Waals surface area contributed by atoms with Crippen LogP contribution in [0.15, 0.2) is 29.4 Å². The van der Waals surface area contributed by atoms with E-state index in [1.165, 1.54) is 0 Å². The lowest BCUT2D eigenvalue weighted by atomic mass is 10.0. The van der Waals surface area contributed by atoms with Crippen molar-refractivity contribution in [1.82, 2.24) is 0 Å². The van der Waals surface area contributed by atoms with Crippen LogP contribution in [0.1, 0.15) is 32.3 Å². The molecule has 0 radical (unpaired) electrons. The average Bonchev–Trinajstić information content (AvgIpc) is 2.38. The first-order valence-electron chi connectivity index (χ1n) is 5.98. The van der Waals surface area contributed by atoms with E-state index in [9.17, 15) is 4.79 Å². The van der Waals surface area contributed by atoms with Crippen LogP contribution in [0, 0.1) is 5.92 Å². The molecule has 0 saturated heterocycles. The quantitative estimate of drug-likeness (QED) is 0.323. The third kappa shape index (κ3) is 3.48. The number of amidine groups is 1. The normalized spacial score (nSPS) is 13.1. The summed E-state index contributed by atoms with van der Waals surface area (Å²) in [6.07, 6.45) is 1.79. The average molecular weight is 249 g/mol. The Morgan fingerprint density at radius 3 is 2.78 bits per heavy atom. The number of para-hydroxylation sites is 1. The number of rotatable bonds is 5. The fourth-order valence-electron chi connectivity index (χ4n) is 1.69. The molecule has 1 amide bonds. The molecule has 98 valence electrons. The van der Waals surface area contributed by atoms with E-state index in [-0.39, 0.29) is 17.7 Å². The van der Waals surface area contributed by atoms with Gasteiger partial charge in [0.15, 0.2) is 5.84 Å². The zero-order chi connectivity index (χ0) is 13.5. The van der Waals surface area contributed by atoms with E-state index in [4.69, 9.17) is 10.9 Å². The largest absolute Gasteiger partial charge is 0.409 e. The molecule has 0 fully saturated rings. The second kappa shape index (κ2) is 6.64. The van der Waals surface area contributed by atoms with Crippen LogP contribution in [0.3, 0.4) is 0 Å². The van der Waals surface area contributed by atoms with Crippen molar-refractivity contribution in [3.8, 4) is 0 Å². The number of carbonyl (C=O) groups excluding carboxylic acids is 1. The molecule has 0 aliphatic carbocycles. The first-order chi connectivity index (χ1) is 8.60. The van der Waals surface area contributed by atoms with Crippen LogP contribution >= 0.6 is 0 Å². The Kier molecular flexibility index (Phi) is 5.17. The van der Waals surface area contributed by atoms with E-state index >= 15 is 0 Å². The highest BCUT2D eigenvalue weighted by atomic mass is 16.4. The summed E-state index contributed by atoms with van der Waals surface area (Å²) in [6.45, 7) is 3.92. The van der Waals surface area contributed by atoms with Crippen LogP contribution < -0.4 is 11.1 Å². The highest BCUT2D eigenvalue weighted by Gasteiger charge is 2.14. The summed E-state index contributed by atoms with van der Waals surface area (Å²) in [5, 5.41) is 14.4. The molecule has 1 unspecified atom stereocenters. The summed E-state index contributed by atoms with van der Waals surface area (Å²) in [6, 6.07) is 6.96. The van der Waals surface area contributed by atoms with Crippen LogP contribution in [0.5, 0.6) is 0 Å². The van der Waals surface area contributed by atoms with Crippen molar-refractivity contribution in [3.05, 3.63) is 29.8 Å². The Labute approximate surface area is 107 Å². The molecular weight excluding hydrogens is 230 g/mol. The standard InChI is InChI=1S/C13H19N3O2/c1-3-6-9(2)13(17)15-11-8-5-4-7-10(11)12(14)16-18/h4-5,7-9,18H,3,6H2,1-2H3,(H2,14,16)(H,15,17). The Morgan fingerprint density at radius 2 is 2.17 bits per heavy atom. The molecule has 0 aliphatic heterocycles. The van der Waals surface area contributed by atoms with Crippen LogP contribution in [0.4, 0.5) is 5.69 Å². The Balaban J connectivity index is 2.88. The van der Waals surface area contributed by atoms with E-state index in [0.717, 1.165) is 12.8 Å². The Bertz CT molecular complexity index is 444. The second-order valence-electron chi connectivity index (χ2n) is 4.21. The first-order valence-corrected chi connectivity index (χ1v) is 5.98. The molecule has 0 spiro atoms. The fraction of sp³-hybridized carbons (Fsp3) is 0.385. The fourth-order valence-corrected chi connectivity index (χ4v) is 1.69. The number of nitrogens with two attached hydrogens (primary N) is 1. The zero-order valence-corrected chi connectivity index (χ0v) is 10.7. The van der Waals surface area contributed by atoms with Gasteiger partial charge < -0.3 is 16.3 Å². The number of hydrogen-bond acceptors (Lipinski definition) is 3. The summed E-state index contributed by atoms with van der Waals surface area (Å²) in [5.41, 5.74) is 6.62. The summed E-state index contributed by atoms with van der Waals surface area (Å²) < 4.78 is 0. The third-order valence-corrected chi connectivity index (χ3v) is 2.74. The number of nitrogens with zero attached hydrogens (tertiary/aromatic N) is 1. The number of amides is 1. The molecular formula is C13H19N3O2. The molecule has 0 aliphatic rings. The number of anilines is 1. The molecule has 0 saturated carbocycles. The summed E-state index contributed by atoms with van der Waals surface area (Å²) in [7, 11) is 0. The third-order valence-electron chi connectivity index (χ3n) is 2.74. The SMILES string of the molecule is CCCC(C)C(=O)Nc1ccccc1/C(N)=N/O. The maximum absolute atomic E-state index is 11.9. The van der Waals surface area contributed by atoms with Gasteiger partial charge in [-0.1, -0.05) is 37.6 Å². The number of nitrogens with one attached hydrogen (secondary N) is 1. The highest BCUT2D eigenvalue weighted by Crippen LogP contribution is 2.17. The molecule has 1 atom stereocenters. The van der Waals surface area contributed by atoms with Gasteiger partial charge in [-0.15, -0.1) is 0 Å². The predicted octanol–water partition coefficient (Wildman–Crippen LogP) is 2.16. The Morgan fingerprint density at radius 1 is 1.50 bits per heavy atom. The van der Waals surface area contributed by atoms with Crippen molar-refractivity contribution in [1.29, 1.82) is 0 Å². The van der Waals surface area contributed by atoms with Crippen LogP contribution in [-0.4, -0.2) is 17.0 Å². The van der Waals surface area contributed by atoms with Crippen molar-refractivity contribution in [2.24, 2.45) is 16.8 Å². The number of benzene rings is 1. The van der Waals surface area contributed by atoms with Crippen molar-refractivity contribution in [2.75, 3.05) is 5.32 Å². The lowest BCUT2D eigenvalue weighted by Gasteiger charge is -2.13. The van der Waals surface area contributed by atoms with E-state index in [1.807, 2.05) is 13.8 Å².